The Balaban J connectivity index is 1.43. The maximum Gasteiger partial charge on any atom is 0.306 e. The smallest absolute Gasteiger partial charge is 0.306 e. The van der Waals surface area contributed by atoms with E-state index in [1.807, 2.05) is 0 Å². The monoisotopic (exact) mass is 349 g/mol. The predicted octanol–water partition coefficient (Wildman–Crippen LogP) is 2.14. The molecule has 3 rings (SSSR count). The molecular weight excluding hydrogens is 334 g/mol. The summed E-state index contributed by atoms with van der Waals surface area (Å²) in [5, 5.41) is 7.23. The largest absolute Gasteiger partial charge is 0.456 e. The quantitative estimate of drug-likeness (QED) is 0.770. The third kappa shape index (κ3) is 4.79. The molecule has 1 aromatic heterocycles. The van der Waals surface area contributed by atoms with Crippen molar-refractivity contribution in [1.82, 2.24) is 15.5 Å². The highest BCUT2D eigenvalue weighted by Gasteiger charge is 2.23. The fraction of sp³-hybridized carbons (Fsp3) is 0.375. The van der Waals surface area contributed by atoms with Crippen LogP contribution in [0.15, 0.2) is 28.8 Å². The van der Waals surface area contributed by atoms with Crippen LogP contribution in [0.1, 0.15) is 25.2 Å². The Hall–Kier alpha value is -2.41. The zero-order chi connectivity index (χ0) is 16.9. The normalized spacial score (nSPS) is 13.5. The van der Waals surface area contributed by atoms with Crippen LogP contribution in [0.25, 0.3) is 11.4 Å². The second kappa shape index (κ2) is 7.44. The van der Waals surface area contributed by atoms with Crippen molar-refractivity contribution in [3.8, 4) is 11.4 Å². The molecule has 24 heavy (non-hydrogen) atoms. The fourth-order valence-corrected chi connectivity index (χ4v) is 2.12. The highest BCUT2D eigenvalue weighted by Crippen LogP contribution is 2.19. The van der Waals surface area contributed by atoms with Crippen molar-refractivity contribution >= 4 is 23.5 Å². The zero-order valence-electron chi connectivity index (χ0n) is 12.8. The van der Waals surface area contributed by atoms with E-state index in [9.17, 15) is 9.59 Å². The Morgan fingerprint density at radius 1 is 1.29 bits per heavy atom. The molecule has 0 atom stereocenters. The zero-order valence-corrected chi connectivity index (χ0v) is 13.6. The van der Waals surface area contributed by atoms with Crippen molar-refractivity contribution in [2.75, 3.05) is 6.61 Å². The van der Waals surface area contributed by atoms with Gasteiger partial charge in [0.15, 0.2) is 6.61 Å². The molecule has 126 valence electrons. The highest BCUT2D eigenvalue weighted by molar-refractivity contribution is 6.30. The Morgan fingerprint density at radius 3 is 2.75 bits per heavy atom. The molecule has 1 aliphatic carbocycles. The number of aromatic nitrogens is 2. The van der Waals surface area contributed by atoms with Gasteiger partial charge in [-0.05, 0) is 37.1 Å². The first-order valence-electron chi connectivity index (χ1n) is 7.63. The number of amides is 1. The van der Waals surface area contributed by atoms with Crippen LogP contribution in [0.5, 0.6) is 0 Å². The molecule has 1 aliphatic rings. The number of carbonyl (C=O) groups excluding carboxylic acids is 2. The number of carbonyl (C=O) groups is 2. The minimum Gasteiger partial charge on any atom is -0.456 e. The van der Waals surface area contributed by atoms with Gasteiger partial charge >= 0.3 is 5.97 Å². The minimum absolute atomic E-state index is 0.0684. The average molecular weight is 350 g/mol. The van der Waals surface area contributed by atoms with Gasteiger partial charge in [-0.25, -0.2) is 0 Å². The molecule has 1 aromatic carbocycles. The number of hydrogen-bond acceptors (Lipinski definition) is 6. The number of ether oxygens (including phenoxy) is 1. The summed E-state index contributed by atoms with van der Waals surface area (Å²) in [5.74, 6) is 0.0130. The molecular formula is C16H16ClN3O4. The van der Waals surface area contributed by atoms with Crippen molar-refractivity contribution < 1.29 is 18.8 Å². The summed E-state index contributed by atoms with van der Waals surface area (Å²) < 4.78 is 10.0. The van der Waals surface area contributed by atoms with Gasteiger partial charge in [0.25, 0.3) is 5.91 Å². The molecule has 0 spiro atoms. The lowest BCUT2D eigenvalue weighted by Gasteiger charge is -2.04. The van der Waals surface area contributed by atoms with E-state index in [0.717, 1.165) is 18.4 Å². The molecule has 0 bridgehead atoms. The fourth-order valence-electron chi connectivity index (χ4n) is 2.00. The van der Waals surface area contributed by atoms with Crippen LogP contribution in [0.3, 0.4) is 0 Å². The van der Waals surface area contributed by atoms with Crippen LogP contribution in [0.4, 0.5) is 0 Å². The third-order valence-corrected chi connectivity index (χ3v) is 3.67. The first-order valence-corrected chi connectivity index (χ1v) is 8.01. The van der Waals surface area contributed by atoms with Crippen molar-refractivity contribution in [1.29, 1.82) is 0 Å². The molecule has 0 unspecified atom stereocenters. The summed E-state index contributed by atoms with van der Waals surface area (Å²) in [4.78, 5) is 27.3. The van der Waals surface area contributed by atoms with E-state index in [1.165, 1.54) is 0 Å². The SMILES string of the molecule is O=C(COC(=O)CCc1nc(-c2ccc(Cl)cc2)no1)NC1CC1. The summed E-state index contributed by atoms with van der Waals surface area (Å²) >= 11 is 5.83. The van der Waals surface area contributed by atoms with E-state index >= 15 is 0 Å². The van der Waals surface area contributed by atoms with Gasteiger partial charge in [0, 0.05) is 23.0 Å². The molecule has 7 nitrogen and oxygen atoms in total. The lowest BCUT2D eigenvalue weighted by Crippen LogP contribution is -2.30. The van der Waals surface area contributed by atoms with Crippen molar-refractivity contribution in [3.63, 3.8) is 0 Å². The molecule has 0 radical (unpaired) electrons. The molecule has 1 amide bonds. The molecule has 8 heteroatoms. The summed E-state index contributed by atoms with van der Waals surface area (Å²) in [6.45, 7) is -0.255. The van der Waals surface area contributed by atoms with Crippen LogP contribution in [0, 0.1) is 0 Å². The number of nitrogens with zero attached hydrogens (tertiary/aromatic N) is 2. The van der Waals surface area contributed by atoms with Gasteiger partial charge in [-0.3, -0.25) is 9.59 Å². The summed E-state index contributed by atoms with van der Waals surface area (Å²) in [6, 6.07) is 7.28. The van der Waals surface area contributed by atoms with Crippen LogP contribution in [-0.4, -0.2) is 34.7 Å². The molecule has 0 saturated heterocycles. The van der Waals surface area contributed by atoms with Crippen molar-refractivity contribution in [3.05, 3.63) is 35.2 Å². The van der Waals surface area contributed by atoms with E-state index < -0.39 is 5.97 Å². The summed E-state index contributed by atoms with van der Waals surface area (Å²) in [5.41, 5.74) is 0.772. The number of esters is 1. The second-order valence-electron chi connectivity index (χ2n) is 5.52. The first-order chi connectivity index (χ1) is 11.6. The van der Waals surface area contributed by atoms with Gasteiger partial charge < -0.3 is 14.6 Å². The van der Waals surface area contributed by atoms with Crippen LogP contribution in [0.2, 0.25) is 5.02 Å². The topological polar surface area (TPSA) is 94.3 Å². The van der Waals surface area contributed by atoms with Gasteiger partial charge in [-0.1, -0.05) is 16.8 Å². The predicted molar refractivity (Wildman–Crippen MR) is 85.2 cm³/mol. The Morgan fingerprint density at radius 2 is 2.04 bits per heavy atom. The van der Waals surface area contributed by atoms with E-state index in [4.69, 9.17) is 20.9 Å². The Kier molecular flexibility index (Phi) is 5.10. The minimum atomic E-state index is -0.479. The lowest BCUT2D eigenvalue weighted by molar-refractivity contribution is -0.148. The van der Waals surface area contributed by atoms with Crippen LogP contribution in [-0.2, 0) is 20.7 Å². The number of benzene rings is 1. The molecule has 1 N–H and O–H groups in total. The van der Waals surface area contributed by atoms with E-state index in [1.54, 1.807) is 24.3 Å². The molecule has 2 aromatic rings. The van der Waals surface area contributed by atoms with Gasteiger partial charge in [0.2, 0.25) is 11.7 Å². The molecule has 1 saturated carbocycles. The number of halogens is 1. The highest BCUT2D eigenvalue weighted by atomic mass is 35.5. The average Bonchev–Trinajstić information content (AvgIpc) is 3.25. The van der Waals surface area contributed by atoms with Gasteiger partial charge in [-0.15, -0.1) is 0 Å². The molecule has 1 fully saturated rings. The number of hydrogen-bond donors (Lipinski definition) is 1. The summed E-state index contributed by atoms with van der Waals surface area (Å²) in [7, 11) is 0. The van der Waals surface area contributed by atoms with Gasteiger partial charge in [0.1, 0.15) is 0 Å². The van der Waals surface area contributed by atoms with Gasteiger partial charge in [-0.2, -0.15) is 4.98 Å². The second-order valence-corrected chi connectivity index (χ2v) is 5.96. The van der Waals surface area contributed by atoms with Crippen LogP contribution < -0.4 is 5.32 Å². The molecule has 1 heterocycles. The van der Waals surface area contributed by atoms with E-state index in [0.29, 0.717) is 16.7 Å². The maximum atomic E-state index is 11.6. The number of aryl methyl sites for hydroxylation is 1. The van der Waals surface area contributed by atoms with Crippen molar-refractivity contribution in [2.24, 2.45) is 0 Å². The number of rotatable bonds is 7. The number of nitrogens with one attached hydrogen (secondary N) is 1. The standard InChI is InChI=1S/C16H16ClN3O4/c17-11-3-1-10(2-4-11)16-19-14(24-20-16)7-8-15(22)23-9-13(21)18-12-5-6-12/h1-4,12H,5-9H2,(H,18,21). The maximum absolute atomic E-state index is 11.6. The Bertz CT molecular complexity index is 725. The Labute approximate surface area is 143 Å². The van der Waals surface area contributed by atoms with E-state index in [2.05, 4.69) is 15.5 Å². The van der Waals surface area contributed by atoms with Crippen molar-refractivity contribution in [2.45, 2.75) is 31.7 Å². The van der Waals surface area contributed by atoms with Crippen LogP contribution >= 0.6 is 11.6 Å². The summed E-state index contributed by atoms with van der Waals surface area (Å²) in [6.07, 6.45) is 2.31. The van der Waals surface area contributed by atoms with Gasteiger partial charge in [0.05, 0.1) is 6.42 Å². The lowest BCUT2D eigenvalue weighted by atomic mass is 10.2. The molecule has 0 aliphatic heterocycles. The van der Waals surface area contributed by atoms with E-state index in [-0.39, 0.29) is 31.4 Å². The third-order valence-electron chi connectivity index (χ3n) is 3.42. The first kappa shape index (κ1) is 16.4.